The number of nitrogens with two attached hydrogens (primary N) is 1. The zero-order valence-corrected chi connectivity index (χ0v) is 22.1. The van der Waals surface area contributed by atoms with Gasteiger partial charge in [0.1, 0.15) is 0 Å². The molecule has 7 heteroatoms. The van der Waals surface area contributed by atoms with Gasteiger partial charge in [0.15, 0.2) is 0 Å². The number of hydrogen-bond acceptors (Lipinski definition) is 4. The van der Waals surface area contributed by atoms with Crippen molar-refractivity contribution in [2.24, 2.45) is 11.7 Å². The molecule has 0 unspecified atom stereocenters. The van der Waals surface area contributed by atoms with Crippen LogP contribution in [0.2, 0.25) is 0 Å². The summed E-state index contributed by atoms with van der Waals surface area (Å²) in [7, 11) is 0. The lowest BCUT2D eigenvalue weighted by Crippen LogP contribution is -2.39. The van der Waals surface area contributed by atoms with Gasteiger partial charge in [-0.25, -0.2) is 0 Å². The summed E-state index contributed by atoms with van der Waals surface area (Å²) >= 11 is 0. The van der Waals surface area contributed by atoms with Crippen LogP contribution >= 0.6 is 0 Å². The first-order chi connectivity index (χ1) is 17.8. The van der Waals surface area contributed by atoms with Gasteiger partial charge in [0, 0.05) is 43.3 Å². The number of benzene rings is 2. The van der Waals surface area contributed by atoms with Gasteiger partial charge in [-0.3, -0.25) is 24.7 Å². The molecule has 3 atom stereocenters. The quantitative estimate of drug-likeness (QED) is 0.278. The van der Waals surface area contributed by atoms with Gasteiger partial charge in [-0.1, -0.05) is 43.7 Å². The first kappa shape index (κ1) is 26.6. The van der Waals surface area contributed by atoms with Crippen LogP contribution in [0.3, 0.4) is 0 Å². The number of rotatable bonds is 10. The molecule has 1 aliphatic heterocycles. The standard InChI is InChI=1S/C30H38N4O3/c1-4-27(35)34-25-18-21-15-14-20(19-10-9-11-22(16-19)29(36)33(5-2)6-3)17-24(21)28(25)23(30(34)37)12-7-8-13-26(31)32/h9-11,14-17,23,25,28H,4-8,12-13,18H2,1-3H3,(H3,31,32)/t23-,25+,28+/m1/s1. The van der Waals surface area contributed by atoms with E-state index >= 15 is 0 Å². The molecule has 1 saturated heterocycles. The second-order valence-electron chi connectivity index (χ2n) is 10.1. The Morgan fingerprint density at radius 3 is 2.46 bits per heavy atom. The van der Waals surface area contributed by atoms with Crippen molar-refractivity contribution in [3.05, 3.63) is 59.2 Å². The molecule has 3 N–H and O–H groups in total. The average molecular weight is 503 g/mol. The summed E-state index contributed by atoms with van der Waals surface area (Å²) in [6.45, 7) is 7.09. The minimum atomic E-state index is -0.250. The maximum atomic E-state index is 13.4. The fourth-order valence-corrected chi connectivity index (χ4v) is 6.05. The molecule has 2 aliphatic rings. The van der Waals surface area contributed by atoms with Gasteiger partial charge >= 0.3 is 0 Å². The topological polar surface area (TPSA) is 108 Å². The first-order valence-electron chi connectivity index (χ1n) is 13.5. The molecule has 0 spiro atoms. The minimum absolute atomic E-state index is 0.0220. The fraction of sp³-hybridized carbons (Fsp3) is 0.467. The van der Waals surface area contributed by atoms with E-state index < -0.39 is 0 Å². The number of fused-ring (bicyclic) bond motifs is 3. The zero-order valence-electron chi connectivity index (χ0n) is 22.1. The van der Waals surface area contributed by atoms with Gasteiger partial charge in [0.25, 0.3) is 5.91 Å². The Morgan fingerprint density at radius 2 is 1.78 bits per heavy atom. The summed E-state index contributed by atoms with van der Waals surface area (Å²) in [5.74, 6) is -0.269. The predicted molar refractivity (Wildman–Crippen MR) is 145 cm³/mol. The third-order valence-electron chi connectivity index (χ3n) is 7.94. The summed E-state index contributed by atoms with van der Waals surface area (Å²) in [5, 5.41) is 7.48. The fourth-order valence-electron chi connectivity index (χ4n) is 6.05. The molecule has 7 nitrogen and oxygen atoms in total. The lowest BCUT2D eigenvalue weighted by atomic mass is 9.83. The maximum Gasteiger partial charge on any atom is 0.253 e. The van der Waals surface area contributed by atoms with Crippen LogP contribution < -0.4 is 5.73 Å². The highest BCUT2D eigenvalue weighted by molar-refractivity contribution is 6.00. The number of imide groups is 1. The van der Waals surface area contributed by atoms with Crippen molar-refractivity contribution >= 4 is 23.6 Å². The van der Waals surface area contributed by atoms with E-state index in [1.54, 1.807) is 6.92 Å². The van der Waals surface area contributed by atoms with E-state index in [2.05, 4.69) is 18.2 Å². The highest BCUT2D eigenvalue weighted by Gasteiger charge is 2.53. The molecule has 0 aromatic heterocycles. The Balaban J connectivity index is 1.66. The van der Waals surface area contributed by atoms with Crippen molar-refractivity contribution in [1.82, 2.24) is 9.80 Å². The number of nitrogens with zero attached hydrogens (tertiary/aromatic N) is 2. The number of unbranched alkanes of at least 4 members (excludes halogenated alkanes) is 1. The van der Waals surface area contributed by atoms with Crippen LogP contribution in [0.1, 0.15) is 80.3 Å². The molecule has 2 aromatic rings. The number of hydrogen-bond donors (Lipinski definition) is 2. The number of amides is 3. The summed E-state index contributed by atoms with van der Waals surface area (Å²) in [6.07, 6.45) is 3.74. The molecule has 2 aromatic carbocycles. The molecule has 0 radical (unpaired) electrons. The SMILES string of the molecule is CCC(=O)N1C(=O)[C@H](CCCCC(=N)N)[C@H]2c3cc(-c4cccc(C(=O)N(CC)CC)c4)ccc3C[C@@H]21. The van der Waals surface area contributed by atoms with Crippen molar-refractivity contribution in [3.8, 4) is 11.1 Å². The molecule has 196 valence electrons. The Labute approximate surface area is 219 Å². The highest BCUT2D eigenvalue weighted by atomic mass is 16.2. The predicted octanol–water partition coefficient (Wildman–Crippen LogP) is 4.74. The second kappa shape index (κ2) is 11.3. The molecule has 37 heavy (non-hydrogen) atoms. The van der Waals surface area contributed by atoms with Gasteiger partial charge < -0.3 is 10.6 Å². The van der Waals surface area contributed by atoms with Crippen molar-refractivity contribution in [3.63, 3.8) is 0 Å². The van der Waals surface area contributed by atoms with Gasteiger partial charge in [-0.05, 0) is 67.5 Å². The third-order valence-corrected chi connectivity index (χ3v) is 7.94. The van der Waals surface area contributed by atoms with E-state index in [-0.39, 0.29) is 41.4 Å². The summed E-state index contributed by atoms with van der Waals surface area (Å²) < 4.78 is 0. The lowest BCUT2D eigenvalue weighted by molar-refractivity contribution is -0.145. The van der Waals surface area contributed by atoms with Crippen LogP contribution in [0, 0.1) is 11.3 Å². The molecule has 4 rings (SSSR count). The normalized spacial score (nSPS) is 20.0. The van der Waals surface area contributed by atoms with Gasteiger partial charge in [0.2, 0.25) is 11.8 Å². The van der Waals surface area contributed by atoms with E-state index in [1.807, 2.05) is 43.0 Å². The van der Waals surface area contributed by atoms with Crippen LogP contribution in [0.4, 0.5) is 0 Å². The van der Waals surface area contributed by atoms with E-state index in [4.69, 9.17) is 11.1 Å². The molecule has 3 amide bonds. The van der Waals surface area contributed by atoms with Gasteiger partial charge in [-0.2, -0.15) is 0 Å². The summed E-state index contributed by atoms with van der Waals surface area (Å²) in [6, 6.07) is 14.0. The molecular formula is C30H38N4O3. The number of carbonyl (C=O) groups is 3. The Morgan fingerprint density at radius 1 is 1.05 bits per heavy atom. The van der Waals surface area contributed by atoms with Crippen LogP contribution in [0.15, 0.2) is 42.5 Å². The number of likely N-dealkylation sites (tertiary alicyclic amines) is 1. The van der Waals surface area contributed by atoms with Crippen LogP contribution in [-0.4, -0.2) is 52.5 Å². The minimum Gasteiger partial charge on any atom is -0.388 e. The highest BCUT2D eigenvalue weighted by Crippen LogP contribution is 2.49. The monoisotopic (exact) mass is 502 g/mol. The van der Waals surface area contributed by atoms with Gasteiger partial charge in [0.05, 0.1) is 11.9 Å². The van der Waals surface area contributed by atoms with E-state index in [1.165, 1.54) is 10.5 Å². The summed E-state index contributed by atoms with van der Waals surface area (Å²) in [5.41, 5.74) is 10.5. The number of amidine groups is 1. The third kappa shape index (κ3) is 5.17. The zero-order chi connectivity index (χ0) is 26.7. The summed E-state index contributed by atoms with van der Waals surface area (Å²) in [4.78, 5) is 42.5. The van der Waals surface area contributed by atoms with Crippen molar-refractivity contribution in [1.29, 1.82) is 5.41 Å². The van der Waals surface area contributed by atoms with Crippen LogP contribution in [0.5, 0.6) is 0 Å². The Kier molecular flexibility index (Phi) is 8.10. The second-order valence-corrected chi connectivity index (χ2v) is 10.1. The average Bonchev–Trinajstić information content (AvgIpc) is 3.39. The Hall–Kier alpha value is -3.48. The largest absolute Gasteiger partial charge is 0.388 e. The van der Waals surface area contributed by atoms with Crippen LogP contribution in [0.25, 0.3) is 11.1 Å². The van der Waals surface area contributed by atoms with E-state index in [0.717, 1.165) is 29.5 Å². The van der Waals surface area contributed by atoms with Crippen molar-refractivity contribution < 1.29 is 14.4 Å². The lowest BCUT2D eigenvalue weighted by Gasteiger charge is -2.21. The molecule has 0 saturated carbocycles. The molecular weight excluding hydrogens is 464 g/mol. The van der Waals surface area contributed by atoms with Crippen molar-refractivity contribution in [2.45, 2.75) is 71.3 Å². The molecule has 0 bridgehead atoms. The smallest absolute Gasteiger partial charge is 0.253 e. The first-order valence-corrected chi connectivity index (χ1v) is 13.5. The number of nitrogens with one attached hydrogen (secondary N) is 1. The molecule has 1 heterocycles. The maximum absolute atomic E-state index is 13.4. The van der Waals surface area contributed by atoms with Crippen LogP contribution in [-0.2, 0) is 16.0 Å². The molecule has 1 aliphatic carbocycles. The Bertz CT molecular complexity index is 1200. The molecule has 1 fully saturated rings. The van der Waals surface area contributed by atoms with E-state index in [0.29, 0.717) is 44.3 Å². The van der Waals surface area contributed by atoms with Gasteiger partial charge in [-0.15, -0.1) is 0 Å². The van der Waals surface area contributed by atoms with Crippen molar-refractivity contribution in [2.75, 3.05) is 13.1 Å². The van der Waals surface area contributed by atoms with E-state index in [9.17, 15) is 14.4 Å². The number of carbonyl (C=O) groups excluding carboxylic acids is 3.